The van der Waals surface area contributed by atoms with Crippen molar-refractivity contribution >= 4 is 0 Å². The summed E-state index contributed by atoms with van der Waals surface area (Å²) >= 11 is 0. The SMILES string of the molecule is C=CC(=CC(CC)OC)CC. The maximum atomic E-state index is 5.21. The van der Waals surface area contributed by atoms with E-state index in [4.69, 9.17) is 4.74 Å². The fourth-order valence-corrected chi connectivity index (χ4v) is 0.922. The fraction of sp³-hybridized carbons (Fsp3) is 0.600. The van der Waals surface area contributed by atoms with Crippen LogP contribution < -0.4 is 0 Å². The summed E-state index contributed by atoms with van der Waals surface area (Å²) in [6.45, 7) is 7.96. The second-order valence-electron chi connectivity index (χ2n) is 2.48. The Bertz CT molecular complexity index is 132. The van der Waals surface area contributed by atoms with E-state index in [9.17, 15) is 0 Å². The molecule has 0 aromatic rings. The average molecular weight is 154 g/mol. The molecule has 0 heterocycles. The summed E-state index contributed by atoms with van der Waals surface area (Å²) in [5, 5.41) is 0. The summed E-state index contributed by atoms with van der Waals surface area (Å²) in [7, 11) is 1.74. The van der Waals surface area contributed by atoms with Gasteiger partial charge < -0.3 is 4.74 Å². The number of hydrogen-bond acceptors (Lipinski definition) is 1. The highest BCUT2D eigenvalue weighted by Gasteiger charge is 1.99. The van der Waals surface area contributed by atoms with Crippen molar-refractivity contribution in [2.24, 2.45) is 0 Å². The third-order valence-corrected chi connectivity index (χ3v) is 1.78. The van der Waals surface area contributed by atoms with Crippen molar-refractivity contribution in [3.05, 3.63) is 24.3 Å². The first-order valence-electron chi connectivity index (χ1n) is 4.14. The van der Waals surface area contributed by atoms with E-state index in [1.165, 1.54) is 5.57 Å². The minimum Gasteiger partial charge on any atom is -0.377 e. The Morgan fingerprint density at radius 2 is 2.18 bits per heavy atom. The lowest BCUT2D eigenvalue weighted by Crippen LogP contribution is -2.05. The second kappa shape index (κ2) is 6.17. The van der Waals surface area contributed by atoms with Crippen molar-refractivity contribution in [2.45, 2.75) is 32.8 Å². The number of methoxy groups -OCH3 is 1. The average Bonchev–Trinajstić information content (AvgIpc) is 2.07. The van der Waals surface area contributed by atoms with Crippen molar-refractivity contribution in [1.29, 1.82) is 0 Å². The van der Waals surface area contributed by atoms with Crippen molar-refractivity contribution in [2.75, 3.05) is 7.11 Å². The number of hydrogen-bond donors (Lipinski definition) is 0. The van der Waals surface area contributed by atoms with Crippen LogP contribution in [0.3, 0.4) is 0 Å². The molecule has 0 aliphatic rings. The molecule has 0 aromatic carbocycles. The molecule has 1 heteroatoms. The van der Waals surface area contributed by atoms with Gasteiger partial charge in [0.1, 0.15) is 0 Å². The van der Waals surface area contributed by atoms with Crippen LogP contribution in [0.5, 0.6) is 0 Å². The monoisotopic (exact) mass is 154 g/mol. The molecule has 64 valence electrons. The molecule has 0 saturated heterocycles. The predicted octanol–water partition coefficient (Wildman–Crippen LogP) is 2.93. The van der Waals surface area contributed by atoms with Crippen LogP contribution in [-0.2, 0) is 4.74 Å². The highest BCUT2D eigenvalue weighted by atomic mass is 16.5. The highest BCUT2D eigenvalue weighted by Crippen LogP contribution is 2.07. The summed E-state index contributed by atoms with van der Waals surface area (Å²) in [4.78, 5) is 0. The Morgan fingerprint density at radius 1 is 1.55 bits per heavy atom. The van der Waals surface area contributed by atoms with Gasteiger partial charge in [-0.05, 0) is 12.8 Å². The minimum absolute atomic E-state index is 0.253. The van der Waals surface area contributed by atoms with Gasteiger partial charge in [-0.3, -0.25) is 0 Å². The van der Waals surface area contributed by atoms with Gasteiger partial charge in [-0.1, -0.05) is 38.2 Å². The van der Waals surface area contributed by atoms with Crippen LogP contribution >= 0.6 is 0 Å². The molecule has 0 fully saturated rings. The second-order valence-corrected chi connectivity index (χ2v) is 2.48. The maximum Gasteiger partial charge on any atom is 0.0755 e. The van der Waals surface area contributed by atoms with Crippen LogP contribution in [0.1, 0.15) is 26.7 Å². The van der Waals surface area contributed by atoms with E-state index in [1.54, 1.807) is 7.11 Å². The predicted molar refractivity (Wildman–Crippen MR) is 49.7 cm³/mol. The van der Waals surface area contributed by atoms with E-state index in [1.807, 2.05) is 6.08 Å². The minimum atomic E-state index is 0.253. The number of allylic oxidation sites excluding steroid dienone is 2. The summed E-state index contributed by atoms with van der Waals surface area (Å²) in [5.74, 6) is 0. The Hall–Kier alpha value is -0.560. The molecule has 1 unspecified atom stereocenters. The van der Waals surface area contributed by atoms with Crippen molar-refractivity contribution in [3.63, 3.8) is 0 Å². The Balaban J connectivity index is 4.09. The lowest BCUT2D eigenvalue weighted by molar-refractivity contribution is 0.137. The van der Waals surface area contributed by atoms with Gasteiger partial charge in [0.05, 0.1) is 6.10 Å². The van der Waals surface area contributed by atoms with E-state index in [0.717, 1.165) is 12.8 Å². The highest BCUT2D eigenvalue weighted by molar-refractivity contribution is 5.17. The first-order valence-corrected chi connectivity index (χ1v) is 4.14. The summed E-state index contributed by atoms with van der Waals surface area (Å²) in [6.07, 6.45) is 6.33. The number of ether oxygens (including phenoxy) is 1. The van der Waals surface area contributed by atoms with Crippen LogP contribution in [0.4, 0.5) is 0 Å². The van der Waals surface area contributed by atoms with Gasteiger partial charge in [0, 0.05) is 7.11 Å². The zero-order valence-corrected chi connectivity index (χ0v) is 7.76. The van der Waals surface area contributed by atoms with Crippen molar-refractivity contribution in [3.8, 4) is 0 Å². The molecule has 0 bridgehead atoms. The number of rotatable bonds is 5. The summed E-state index contributed by atoms with van der Waals surface area (Å²) < 4.78 is 5.21. The topological polar surface area (TPSA) is 9.23 Å². The standard InChI is InChI=1S/C10H18O/c1-5-9(6-2)8-10(7-3)11-4/h5,8,10H,1,6-7H2,2-4H3. The maximum absolute atomic E-state index is 5.21. The van der Waals surface area contributed by atoms with Gasteiger partial charge in [-0.15, -0.1) is 0 Å². The third kappa shape index (κ3) is 3.99. The summed E-state index contributed by atoms with van der Waals surface area (Å²) in [5.41, 5.74) is 1.26. The molecule has 0 N–H and O–H groups in total. The van der Waals surface area contributed by atoms with Crippen LogP contribution in [0, 0.1) is 0 Å². The third-order valence-electron chi connectivity index (χ3n) is 1.78. The van der Waals surface area contributed by atoms with Gasteiger partial charge in [0.2, 0.25) is 0 Å². The van der Waals surface area contributed by atoms with E-state index in [-0.39, 0.29) is 6.10 Å². The molecule has 0 radical (unpaired) electrons. The zero-order valence-electron chi connectivity index (χ0n) is 7.76. The van der Waals surface area contributed by atoms with Gasteiger partial charge in [0.15, 0.2) is 0 Å². The largest absolute Gasteiger partial charge is 0.377 e. The fourth-order valence-electron chi connectivity index (χ4n) is 0.922. The van der Waals surface area contributed by atoms with Gasteiger partial charge in [-0.25, -0.2) is 0 Å². The van der Waals surface area contributed by atoms with Gasteiger partial charge in [0.25, 0.3) is 0 Å². The van der Waals surface area contributed by atoms with Crippen LogP contribution in [0.15, 0.2) is 24.3 Å². The van der Waals surface area contributed by atoms with Crippen LogP contribution in [-0.4, -0.2) is 13.2 Å². The Kier molecular flexibility index (Phi) is 5.86. The molecule has 1 nitrogen and oxygen atoms in total. The quantitative estimate of drug-likeness (QED) is 0.553. The van der Waals surface area contributed by atoms with Crippen LogP contribution in [0.25, 0.3) is 0 Å². The molecule has 0 saturated carbocycles. The molecule has 0 rings (SSSR count). The first-order chi connectivity index (χ1) is 5.28. The van der Waals surface area contributed by atoms with Gasteiger partial charge >= 0.3 is 0 Å². The molecular formula is C10H18O. The molecule has 11 heavy (non-hydrogen) atoms. The molecule has 0 aliphatic carbocycles. The smallest absolute Gasteiger partial charge is 0.0755 e. The van der Waals surface area contributed by atoms with Crippen molar-refractivity contribution in [1.82, 2.24) is 0 Å². The Morgan fingerprint density at radius 3 is 2.45 bits per heavy atom. The first kappa shape index (κ1) is 10.4. The lowest BCUT2D eigenvalue weighted by Gasteiger charge is -2.08. The molecular weight excluding hydrogens is 136 g/mol. The molecule has 0 spiro atoms. The molecule has 0 aromatic heterocycles. The lowest BCUT2D eigenvalue weighted by atomic mass is 10.1. The Labute approximate surface area is 69.8 Å². The molecule has 0 aliphatic heterocycles. The van der Waals surface area contributed by atoms with E-state index in [2.05, 4.69) is 26.5 Å². The summed E-state index contributed by atoms with van der Waals surface area (Å²) in [6, 6.07) is 0. The van der Waals surface area contributed by atoms with Gasteiger partial charge in [-0.2, -0.15) is 0 Å². The normalized spacial score (nSPS) is 14.6. The molecule has 1 atom stereocenters. The van der Waals surface area contributed by atoms with E-state index < -0.39 is 0 Å². The van der Waals surface area contributed by atoms with E-state index >= 15 is 0 Å². The molecule has 0 amide bonds. The van der Waals surface area contributed by atoms with Crippen LogP contribution in [0.2, 0.25) is 0 Å². The zero-order chi connectivity index (χ0) is 8.69. The van der Waals surface area contributed by atoms with E-state index in [0.29, 0.717) is 0 Å². The van der Waals surface area contributed by atoms with Crippen molar-refractivity contribution < 1.29 is 4.74 Å².